The number of rotatable bonds is 2. The maximum atomic E-state index is 4.43. The van der Waals surface area contributed by atoms with E-state index in [0.717, 1.165) is 18.1 Å². The van der Waals surface area contributed by atoms with Crippen molar-refractivity contribution in [2.45, 2.75) is 13.8 Å². The van der Waals surface area contributed by atoms with Crippen molar-refractivity contribution in [3.05, 3.63) is 83.3 Å². The van der Waals surface area contributed by atoms with E-state index in [-0.39, 0.29) is 0 Å². The maximum Gasteiger partial charge on any atom is 0.0997 e. The van der Waals surface area contributed by atoms with Crippen LogP contribution in [0.15, 0.2) is 71.6 Å². The summed E-state index contributed by atoms with van der Waals surface area (Å²) in [4.78, 5) is 9.05. The number of benzene rings is 2. The van der Waals surface area contributed by atoms with Gasteiger partial charge in [-0.3, -0.25) is 4.99 Å². The molecule has 114 valence electrons. The molecular weight excluding hydrogens is 282 g/mol. The van der Waals surface area contributed by atoms with Crippen LogP contribution in [0, 0.1) is 13.8 Å². The Bertz CT molecular complexity index is 811. The van der Waals surface area contributed by atoms with Gasteiger partial charge < -0.3 is 9.80 Å². The van der Waals surface area contributed by atoms with E-state index in [2.05, 4.69) is 77.3 Å². The van der Waals surface area contributed by atoms with Gasteiger partial charge in [0.15, 0.2) is 0 Å². The molecule has 2 aromatic carbocycles. The zero-order valence-electron chi connectivity index (χ0n) is 13.4. The number of aliphatic imine (C=N–C) groups is 1. The van der Waals surface area contributed by atoms with Crippen molar-refractivity contribution in [2.75, 3.05) is 11.6 Å². The van der Waals surface area contributed by atoms with Crippen molar-refractivity contribution < 1.29 is 0 Å². The molecule has 23 heavy (non-hydrogen) atoms. The smallest absolute Gasteiger partial charge is 0.0997 e. The third-order valence-corrected chi connectivity index (χ3v) is 4.38. The fourth-order valence-electron chi connectivity index (χ4n) is 3.31. The highest BCUT2D eigenvalue weighted by molar-refractivity contribution is 5.88. The zero-order valence-corrected chi connectivity index (χ0v) is 13.4. The first kappa shape index (κ1) is 13.8. The lowest BCUT2D eigenvalue weighted by atomic mass is 10.1. The molecule has 2 aliphatic rings. The van der Waals surface area contributed by atoms with Gasteiger partial charge in [-0.1, -0.05) is 48.5 Å². The predicted molar refractivity (Wildman–Crippen MR) is 96.1 cm³/mol. The van der Waals surface area contributed by atoms with Gasteiger partial charge in [-0.2, -0.15) is 0 Å². The molecule has 3 nitrogen and oxygen atoms in total. The molecule has 0 atom stereocenters. The number of hydrogen-bond acceptors (Lipinski definition) is 3. The molecule has 2 aliphatic heterocycles. The summed E-state index contributed by atoms with van der Waals surface area (Å²) in [6.45, 7) is 5.15. The molecule has 4 rings (SSSR count). The van der Waals surface area contributed by atoms with E-state index < -0.39 is 0 Å². The highest BCUT2D eigenvalue weighted by Crippen LogP contribution is 2.34. The van der Waals surface area contributed by atoms with Crippen LogP contribution in [0.4, 0.5) is 5.69 Å². The number of hydrogen-bond donors (Lipinski definition) is 0. The topological polar surface area (TPSA) is 18.8 Å². The third-order valence-electron chi connectivity index (χ3n) is 4.38. The summed E-state index contributed by atoms with van der Waals surface area (Å²) in [5.41, 5.74) is 7.35. The summed E-state index contributed by atoms with van der Waals surface area (Å²) in [5.74, 6) is 0. The van der Waals surface area contributed by atoms with Gasteiger partial charge in [0.25, 0.3) is 0 Å². The SMILES string of the molecule is Cc1cccc(C)c1N1C=C2C=NC=C(c3ccccc3)N2C1. The van der Waals surface area contributed by atoms with Gasteiger partial charge in [-0.05, 0) is 30.5 Å². The first-order chi connectivity index (χ1) is 11.2. The molecule has 2 aromatic rings. The zero-order chi connectivity index (χ0) is 15.8. The lowest BCUT2D eigenvalue weighted by Gasteiger charge is -2.28. The van der Waals surface area contributed by atoms with E-state index in [1.807, 2.05) is 18.5 Å². The number of allylic oxidation sites excluding steroid dienone is 1. The van der Waals surface area contributed by atoms with E-state index in [9.17, 15) is 0 Å². The monoisotopic (exact) mass is 301 g/mol. The van der Waals surface area contributed by atoms with Crippen molar-refractivity contribution in [3.8, 4) is 0 Å². The largest absolute Gasteiger partial charge is 0.327 e. The van der Waals surface area contributed by atoms with Gasteiger partial charge in [0.1, 0.15) is 0 Å². The van der Waals surface area contributed by atoms with Gasteiger partial charge in [-0.25, -0.2) is 0 Å². The Labute approximate surface area is 136 Å². The maximum absolute atomic E-state index is 4.43. The van der Waals surface area contributed by atoms with Crippen molar-refractivity contribution in [3.63, 3.8) is 0 Å². The number of anilines is 1. The Kier molecular flexibility index (Phi) is 3.27. The molecule has 0 saturated heterocycles. The summed E-state index contributed by atoms with van der Waals surface area (Å²) in [5, 5.41) is 0. The fourth-order valence-corrected chi connectivity index (χ4v) is 3.31. The van der Waals surface area contributed by atoms with Gasteiger partial charge >= 0.3 is 0 Å². The minimum atomic E-state index is 0.813. The molecule has 0 aromatic heterocycles. The molecule has 3 heteroatoms. The molecule has 2 heterocycles. The Morgan fingerprint density at radius 1 is 0.913 bits per heavy atom. The summed E-state index contributed by atoms with van der Waals surface area (Å²) in [6.07, 6.45) is 6.07. The van der Waals surface area contributed by atoms with E-state index in [1.54, 1.807) is 0 Å². The minimum absolute atomic E-state index is 0.813. The third kappa shape index (κ3) is 2.34. The van der Waals surface area contributed by atoms with Crippen molar-refractivity contribution >= 4 is 17.6 Å². The van der Waals surface area contributed by atoms with E-state index in [0.29, 0.717) is 0 Å². The first-order valence-corrected chi connectivity index (χ1v) is 7.85. The van der Waals surface area contributed by atoms with Crippen LogP contribution in [0.5, 0.6) is 0 Å². The molecule has 0 amide bonds. The molecule has 0 saturated carbocycles. The molecule has 0 bridgehead atoms. The summed E-state index contributed by atoms with van der Waals surface area (Å²) >= 11 is 0. The predicted octanol–water partition coefficient (Wildman–Crippen LogP) is 4.31. The Morgan fingerprint density at radius 3 is 2.39 bits per heavy atom. The summed E-state index contributed by atoms with van der Waals surface area (Å²) < 4.78 is 0. The number of aryl methyl sites for hydroxylation is 2. The molecular formula is C20H19N3. The number of para-hydroxylation sites is 1. The molecule has 0 N–H and O–H groups in total. The Morgan fingerprint density at radius 2 is 1.65 bits per heavy atom. The second-order valence-corrected chi connectivity index (χ2v) is 5.99. The van der Waals surface area contributed by atoms with Crippen LogP contribution < -0.4 is 4.90 Å². The van der Waals surface area contributed by atoms with Crippen molar-refractivity contribution in [1.29, 1.82) is 0 Å². The average molecular weight is 301 g/mol. The lowest BCUT2D eigenvalue weighted by Crippen LogP contribution is -2.27. The first-order valence-electron chi connectivity index (χ1n) is 7.85. The molecule has 0 fully saturated rings. The van der Waals surface area contributed by atoms with Crippen molar-refractivity contribution in [1.82, 2.24) is 4.90 Å². The quantitative estimate of drug-likeness (QED) is 0.823. The average Bonchev–Trinajstić information content (AvgIpc) is 2.99. The molecule has 0 spiro atoms. The highest BCUT2D eigenvalue weighted by atomic mass is 15.4. The molecule has 0 unspecified atom stereocenters. The Balaban J connectivity index is 1.71. The second-order valence-electron chi connectivity index (χ2n) is 5.99. The summed E-state index contributed by atoms with van der Waals surface area (Å²) in [6, 6.07) is 16.9. The highest BCUT2D eigenvalue weighted by Gasteiger charge is 2.27. The van der Waals surface area contributed by atoms with Crippen LogP contribution in [-0.4, -0.2) is 17.8 Å². The van der Waals surface area contributed by atoms with Crippen LogP contribution in [0.3, 0.4) is 0 Å². The number of fused-ring (bicyclic) bond motifs is 1. The van der Waals surface area contributed by atoms with Gasteiger partial charge in [0.05, 0.1) is 30.5 Å². The van der Waals surface area contributed by atoms with E-state index in [1.165, 1.54) is 22.4 Å². The van der Waals surface area contributed by atoms with Crippen LogP contribution in [0.2, 0.25) is 0 Å². The lowest BCUT2D eigenvalue weighted by molar-refractivity contribution is 0.551. The molecule has 0 radical (unpaired) electrons. The van der Waals surface area contributed by atoms with Crippen molar-refractivity contribution in [2.24, 2.45) is 4.99 Å². The van der Waals surface area contributed by atoms with Gasteiger partial charge in [0, 0.05) is 11.9 Å². The van der Waals surface area contributed by atoms with Crippen LogP contribution >= 0.6 is 0 Å². The van der Waals surface area contributed by atoms with Crippen LogP contribution in [-0.2, 0) is 0 Å². The van der Waals surface area contributed by atoms with E-state index >= 15 is 0 Å². The van der Waals surface area contributed by atoms with Gasteiger partial charge in [0.2, 0.25) is 0 Å². The second kappa shape index (κ2) is 5.43. The van der Waals surface area contributed by atoms with Gasteiger partial charge in [-0.15, -0.1) is 0 Å². The Hall–Kier alpha value is -2.81. The molecule has 0 aliphatic carbocycles. The fraction of sp³-hybridized carbons (Fsp3) is 0.150. The normalized spacial score (nSPS) is 16.3. The van der Waals surface area contributed by atoms with Crippen LogP contribution in [0.1, 0.15) is 16.7 Å². The van der Waals surface area contributed by atoms with Crippen LogP contribution in [0.25, 0.3) is 5.70 Å². The van der Waals surface area contributed by atoms with E-state index in [4.69, 9.17) is 0 Å². The summed E-state index contributed by atoms with van der Waals surface area (Å²) in [7, 11) is 0. The minimum Gasteiger partial charge on any atom is -0.327 e. The standard InChI is InChI=1S/C20H19N3/c1-15-7-6-8-16(2)20(15)22-13-18-11-21-12-19(23(18)14-22)17-9-4-3-5-10-17/h3-13H,14H2,1-2H3. The number of nitrogens with zero attached hydrogens (tertiary/aromatic N) is 3.